The highest BCUT2D eigenvalue weighted by molar-refractivity contribution is 7.23. The minimum Gasteiger partial charge on any atom is -0.399 e. The van der Waals surface area contributed by atoms with Crippen LogP contribution >= 0.6 is 11.3 Å². The van der Waals surface area contributed by atoms with Crippen molar-refractivity contribution < 1.29 is 14.1 Å². The van der Waals surface area contributed by atoms with Gasteiger partial charge in [0.2, 0.25) is 5.91 Å². The molecule has 1 aromatic carbocycles. The van der Waals surface area contributed by atoms with E-state index < -0.39 is 0 Å². The minimum atomic E-state index is -0.362. The maximum atomic E-state index is 11.2. The largest absolute Gasteiger partial charge is 0.494 e. The Morgan fingerprint density at radius 2 is 1.77 bits per heavy atom. The van der Waals surface area contributed by atoms with Gasteiger partial charge in [-0.25, -0.2) is 0 Å². The highest BCUT2D eigenvalue weighted by Crippen LogP contribution is 2.37. The quantitative estimate of drug-likeness (QED) is 0.866. The molecule has 1 N–H and O–H groups in total. The molecular weight excluding hydrogens is 297 g/mol. The van der Waals surface area contributed by atoms with E-state index in [-0.39, 0.29) is 24.2 Å². The number of carbonyl (C=O) groups excluding carboxylic acids is 1. The molecular formula is C16H20BNO3S. The minimum absolute atomic E-state index is 0.0576. The number of amides is 1. The molecule has 3 rings (SSSR count). The zero-order chi connectivity index (χ0) is 16.1. The van der Waals surface area contributed by atoms with Crippen LogP contribution in [0.25, 0.3) is 10.1 Å². The second kappa shape index (κ2) is 5.08. The van der Waals surface area contributed by atoms with Gasteiger partial charge in [-0.15, -0.1) is 11.3 Å². The Hall–Kier alpha value is -1.37. The Labute approximate surface area is 134 Å². The Bertz CT molecular complexity index is 722. The van der Waals surface area contributed by atoms with Gasteiger partial charge in [0.1, 0.15) is 0 Å². The second-order valence-electron chi connectivity index (χ2n) is 6.68. The summed E-state index contributed by atoms with van der Waals surface area (Å²) in [5.41, 5.74) is 0.309. The molecule has 1 aliphatic heterocycles. The van der Waals surface area contributed by atoms with Crippen molar-refractivity contribution in [1.82, 2.24) is 0 Å². The third kappa shape index (κ3) is 2.66. The van der Waals surface area contributed by atoms with Gasteiger partial charge >= 0.3 is 7.12 Å². The van der Waals surface area contributed by atoms with Gasteiger partial charge in [0.15, 0.2) is 0 Å². The summed E-state index contributed by atoms with van der Waals surface area (Å²) in [6.07, 6.45) is 0. The normalized spacial score (nSPS) is 19.6. The smallest absolute Gasteiger partial charge is 0.399 e. The maximum absolute atomic E-state index is 11.2. The molecule has 0 spiro atoms. The first kappa shape index (κ1) is 15.5. The van der Waals surface area contributed by atoms with E-state index in [0.717, 1.165) is 20.6 Å². The molecule has 4 nitrogen and oxygen atoms in total. The van der Waals surface area contributed by atoms with Crippen LogP contribution in [0.1, 0.15) is 34.6 Å². The van der Waals surface area contributed by atoms with Crippen LogP contribution in [0, 0.1) is 0 Å². The predicted octanol–water partition coefficient (Wildman–Crippen LogP) is 3.16. The number of hydrogen-bond acceptors (Lipinski definition) is 4. The van der Waals surface area contributed by atoms with Crippen molar-refractivity contribution in [3.63, 3.8) is 0 Å². The van der Waals surface area contributed by atoms with E-state index in [1.807, 2.05) is 45.9 Å². The van der Waals surface area contributed by atoms with E-state index in [1.54, 1.807) is 11.3 Å². The molecule has 116 valence electrons. The van der Waals surface area contributed by atoms with Crippen molar-refractivity contribution in [2.24, 2.45) is 0 Å². The fraction of sp³-hybridized carbons (Fsp3) is 0.438. The summed E-state index contributed by atoms with van der Waals surface area (Å²) in [5, 5.41) is 4.77. The number of thiophene rings is 1. The molecule has 22 heavy (non-hydrogen) atoms. The van der Waals surface area contributed by atoms with E-state index in [0.29, 0.717) is 0 Å². The van der Waals surface area contributed by atoms with E-state index in [9.17, 15) is 4.79 Å². The Balaban J connectivity index is 1.91. The average molecular weight is 317 g/mol. The molecule has 2 heterocycles. The first-order valence-electron chi connectivity index (χ1n) is 7.35. The van der Waals surface area contributed by atoms with Crippen molar-refractivity contribution in [2.45, 2.75) is 45.8 Å². The molecule has 0 aliphatic carbocycles. The van der Waals surface area contributed by atoms with Crippen LogP contribution in [0.4, 0.5) is 5.00 Å². The van der Waals surface area contributed by atoms with Crippen molar-refractivity contribution in [2.75, 3.05) is 5.32 Å². The average Bonchev–Trinajstić information content (AvgIpc) is 2.85. The number of rotatable bonds is 2. The summed E-state index contributed by atoms with van der Waals surface area (Å²) >= 11 is 1.56. The monoisotopic (exact) mass is 317 g/mol. The number of carbonyl (C=O) groups is 1. The highest BCUT2D eigenvalue weighted by Gasteiger charge is 2.51. The zero-order valence-corrected chi connectivity index (χ0v) is 14.3. The summed E-state index contributed by atoms with van der Waals surface area (Å²) in [4.78, 5) is 11.2. The Morgan fingerprint density at radius 3 is 2.36 bits per heavy atom. The van der Waals surface area contributed by atoms with Crippen molar-refractivity contribution in [3.05, 3.63) is 24.3 Å². The lowest BCUT2D eigenvalue weighted by Gasteiger charge is -2.32. The molecule has 0 saturated carbocycles. The molecule has 2 aromatic rings. The van der Waals surface area contributed by atoms with Crippen LogP contribution in [-0.2, 0) is 14.1 Å². The van der Waals surface area contributed by atoms with Gasteiger partial charge in [-0.1, -0.05) is 12.1 Å². The fourth-order valence-electron chi connectivity index (χ4n) is 2.42. The van der Waals surface area contributed by atoms with Gasteiger partial charge in [0, 0.05) is 11.6 Å². The van der Waals surface area contributed by atoms with Gasteiger partial charge in [-0.2, -0.15) is 0 Å². The summed E-state index contributed by atoms with van der Waals surface area (Å²) in [6, 6.07) is 8.12. The molecule has 1 aromatic heterocycles. The van der Waals surface area contributed by atoms with Crippen LogP contribution in [0.3, 0.4) is 0 Å². The van der Waals surface area contributed by atoms with Gasteiger partial charge in [0.25, 0.3) is 0 Å². The van der Waals surface area contributed by atoms with Crippen LogP contribution in [0.15, 0.2) is 24.3 Å². The number of fused-ring (bicyclic) bond motifs is 1. The lowest BCUT2D eigenvalue weighted by Crippen LogP contribution is -2.41. The van der Waals surface area contributed by atoms with E-state index in [1.165, 1.54) is 6.92 Å². The molecule has 6 heteroatoms. The van der Waals surface area contributed by atoms with Gasteiger partial charge in [-0.05, 0) is 50.7 Å². The lowest BCUT2D eigenvalue weighted by molar-refractivity contribution is -0.114. The third-order valence-corrected chi connectivity index (χ3v) is 5.40. The van der Waals surface area contributed by atoms with E-state index >= 15 is 0 Å². The van der Waals surface area contributed by atoms with Crippen LogP contribution < -0.4 is 10.8 Å². The van der Waals surface area contributed by atoms with Crippen molar-refractivity contribution in [1.29, 1.82) is 0 Å². The molecule has 0 atom stereocenters. The predicted molar refractivity (Wildman–Crippen MR) is 91.8 cm³/mol. The van der Waals surface area contributed by atoms with Crippen molar-refractivity contribution in [3.8, 4) is 0 Å². The standard InChI is InChI=1S/C16H20BNO3S/c1-10(19)18-14-9-11-8-12(6-7-13(11)22-14)17-20-15(2,3)16(4,5)21-17/h6-9H,1-5H3,(H,18,19). The van der Waals surface area contributed by atoms with E-state index in [4.69, 9.17) is 9.31 Å². The molecule has 0 radical (unpaired) electrons. The van der Waals surface area contributed by atoms with Gasteiger partial charge in [-0.3, -0.25) is 4.79 Å². The van der Waals surface area contributed by atoms with Crippen molar-refractivity contribution >= 4 is 44.9 Å². The number of benzene rings is 1. The number of hydrogen-bond donors (Lipinski definition) is 1. The van der Waals surface area contributed by atoms with Gasteiger partial charge < -0.3 is 14.6 Å². The topological polar surface area (TPSA) is 47.6 Å². The summed E-state index contributed by atoms with van der Waals surface area (Å²) in [6.45, 7) is 9.70. The molecule has 0 unspecified atom stereocenters. The first-order valence-corrected chi connectivity index (χ1v) is 8.16. The van der Waals surface area contributed by atoms with Crippen LogP contribution in [0.5, 0.6) is 0 Å². The Morgan fingerprint density at radius 1 is 1.14 bits per heavy atom. The maximum Gasteiger partial charge on any atom is 0.494 e. The first-order chi connectivity index (χ1) is 10.2. The summed E-state index contributed by atoms with van der Waals surface area (Å²) in [7, 11) is -0.362. The fourth-order valence-corrected chi connectivity index (χ4v) is 3.41. The number of anilines is 1. The second-order valence-corrected chi connectivity index (χ2v) is 7.76. The summed E-state index contributed by atoms with van der Waals surface area (Å²) < 4.78 is 13.3. The molecule has 1 fully saturated rings. The highest BCUT2D eigenvalue weighted by atomic mass is 32.1. The molecule has 1 amide bonds. The third-order valence-electron chi connectivity index (χ3n) is 4.36. The molecule has 1 saturated heterocycles. The molecule has 1 aliphatic rings. The SMILES string of the molecule is CC(=O)Nc1cc2cc(B3OC(C)(C)C(C)(C)O3)ccc2s1. The number of nitrogens with one attached hydrogen (secondary N) is 1. The molecule has 0 bridgehead atoms. The zero-order valence-electron chi connectivity index (χ0n) is 13.5. The van der Waals surface area contributed by atoms with Gasteiger partial charge in [0.05, 0.1) is 16.2 Å². The van der Waals surface area contributed by atoms with Crippen LogP contribution in [-0.4, -0.2) is 24.2 Å². The Kier molecular flexibility index (Phi) is 3.59. The lowest BCUT2D eigenvalue weighted by atomic mass is 9.79. The van der Waals surface area contributed by atoms with Crippen LogP contribution in [0.2, 0.25) is 0 Å². The van der Waals surface area contributed by atoms with E-state index in [2.05, 4.69) is 11.4 Å². The summed E-state index contributed by atoms with van der Waals surface area (Å²) in [5.74, 6) is -0.0576.